The molecule has 0 saturated carbocycles. The average Bonchev–Trinajstić information content (AvgIpc) is 3.18. The van der Waals surface area contributed by atoms with E-state index in [0.717, 1.165) is 44.9 Å². The van der Waals surface area contributed by atoms with Gasteiger partial charge in [-0.15, -0.1) is 0 Å². The lowest BCUT2D eigenvalue weighted by Gasteiger charge is -2.44. The zero-order valence-electron chi connectivity index (χ0n) is 20.8. The molecule has 0 radical (unpaired) electrons. The van der Waals surface area contributed by atoms with E-state index >= 15 is 0 Å². The molecule has 3 aromatic carbocycles. The van der Waals surface area contributed by atoms with Gasteiger partial charge in [-0.1, -0.05) is 48.5 Å². The van der Waals surface area contributed by atoms with Gasteiger partial charge < -0.3 is 14.2 Å². The first kappa shape index (κ1) is 22.9. The molecule has 0 N–H and O–H groups in total. The summed E-state index contributed by atoms with van der Waals surface area (Å²) in [6.07, 6.45) is 2.26. The van der Waals surface area contributed by atoms with Gasteiger partial charge in [0.15, 0.2) is 0 Å². The Morgan fingerprint density at radius 1 is 0.735 bits per heavy atom. The van der Waals surface area contributed by atoms with Crippen LogP contribution in [-0.2, 0) is 13.0 Å². The van der Waals surface area contributed by atoms with E-state index in [1.54, 1.807) is 7.11 Å². The standard InChI is InChI=1S/C30H37N3O/c1-23-21-31(22-24(2)32(23)20-17-25-13-15-26(34-3)16-14-25)18-8-19-33-29-11-6-4-9-27(29)28-10-5-7-12-30(28)33/h4-7,9-16,23-24H,8,17-22H2,1-3H3/t23-,24+. The summed E-state index contributed by atoms with van der Waals surface area (Å²) in [4.78, 5) is 5.36. The highest BCUT2D eigenvalue weighted by Crippen LogP contribution is 2.29. The molecule has 0 spiro atoms. The highest BCUT2D eigenvalue weighted by atomic mass is 16.5. The summed E-state index contributed by atoms with van der Waals surface area (Å²) in [5.41, 5.74) is 4.09. The van der Waals surface area contributed by atoms with E-state index in [2.05, 4.69) is 101 Å². The molecule has 1 fully saturated rings. The van der Waals surface area contributed by atoms with Crippen LogP contribution in [0.2, 0.25) is 0 Å². The fraction of sp³-hybridized carbons (Fsp3) is 0.400. The summed E-state index contributed by atoms with van der Waals surface area (Å²) in [6, 6.07) is 27.3. The van der Waals surface area contributed by atoms with Crippen LogP contribution in [-0.4, -0.2) is 59.7 Å². The minimum Gasteiger partial charge on any atom is -0.497 e. The van der Waals surface area contributed by atoms with Crippen LogP contribution in [0, 0.1) is 0 Å². The molecular formula is C30H37N3O. The molecule has 1 aromatic heterocycles. The van der Waals surface area contributed by atoms with Crippen LogP contribution < -0.4 is 4.74 Å². The Morgan fingerprint density at radius 2 is 1.32 bits per heavy atom. The third kappa shape index (κ3) is 4.70. The second kappa shape index (κ2) is 10.2. The number of benzene rings is 3. The first-order chi connectivity index (χ1) is 16.6. The maximum Gasteiger partial charge on any atom is 0.118 e. The number of hydrogen-bond donors (Lipinski definition) is 0. The van der Waals surface area contributed by atoms with Gasteiger partial charge in [-0.05, 0) is 63.1 Å². The van der Waals surface area contributed by atoms with Crippen molar-refractivity contribution in [2.75, 3.05) is 33.3 Å². The molecule has 34 heavy (non-hydrogen) atoms. The van der Waals surface area contributed by atoms with Crippen molar-refractivity contribution in [1.82, 2.24) is 14.4 Å². The van der Waals surface area contributed by atoms with Crippen molar-refractivity contribution in [3.63, 3.8) is 0 Å². The molecule has 1 aliphatic rings. The van der Waals surface area contributed by atoms with Crippen LogP contribution in [0.15, 0.2) is 72.8 Å². The normalized spacial score (nSPS) is 19.7. The second-order valence-corrected chi connectivity index (χ2v) is 9.83. The summed E-state index contributed by atoms with van der Waals surface area (Å²) >= 11 is 0. The van der Waals surface area contributed by atoms with E-state index in [9.17, 15) is 0 Å². The Morgan fingerprint density at radius 3 is 1.91 bits per heavy atom. The number of rotatable bonds is 8. The maximum atomic E-state index is 5.29. The van der Waals surface area contributed by atoms with Gasteiger partial charge in [-0.2, -0.15) is 0 Å². The van der Waals surface area contributed by atoms with Crippen molar-refractivity contribution in [2.45, 2.75) is 45.3 Å². The predicted molar refractivity (Wildman–Crippen MR) is 143 cm³/mol. The van der Waals surface area contributed by atoms with E-state index in [4.69, 9.17) is 4.74 Å². The van der Waals surface area contributed by atoms with E-state index < -0.39 is 0 Å². The SMILES string of the molecule is COc1ccc(CCN2[C@H](C)CN(CCCn3c4ccccc4c4ccccc43)C[C@@H]2C)cc1. The summed E-state index contributed by atoms with van der Waals surface area (Å²) in [7, 11) is 1.72. The van der Waals surface area contributed by atoms with Crippen molar-refractivity contribution in [3.8, 4) is 5.75 Å². The molecule has 0 unspecified atom stereocenters. The number of hydrogen-bond acceptors (Lipinski definition) is 3. The lowest BCUT2D eigenvalue weighted by molar-refractivity contribution is 0.0389. The Labute approximate surface area is 203 Å². The summed E-state index contributed by atoms with van der Waals surface area (Å²) in [5.74, 6) is 0.931. The molecule has 4 nitrogen and oxygen atoms in total. The highest BCUT2D eigenvalue weighted by molar-refractivity contribution is 6.07. The van der Waals surface area contributed by atoms with Gasteiger partial charge in [0.1, 0.15) is 5.75 Å². The molecule has 4 heteroatoms. The predicted octanol–water partition coefficient (Wildman–Crippen LogP) is 5.83. The van der Waals surface area contributed by atoms with Crippen molar-refractivity contribution in [3.05, 3.63) is 78.4 Å². The number of nitrogens with zero attached hydrogens (tertiary/aromatic N) is 3. The van der Waals surface area contributed by atoms with Crippen LogP contribution >= 0.6 is 0 Å². The van der Waals surface area contributed by atoms with Crippen LogP contribution in [0.4, 0.5) is 0 Å². The Kier molecular flexibility index (Phi) is 6.89. The zero-order chi connectivity index (χ0) is 23.5. The molecular weight excluding hydrogens is 418 g/mol. The van der Waals surface area contributed by atoms with Crippen molar-refractivity contribution in [2.24, 2.45) is 0 Å². The number of piperazine rings is 1. The van der Waals surface area contributed by atoms with E-state index in [0.29, 0.717) is 12.1 Å². The Bertz CT molecular complexity index is 1160. The van der Waals surface area contributed by atoms with Crippen molar-refractivity contribution >= 4 is 21.8 Å². The van der Waals surface area contributed by atoms with Gasteiger partial charge >= 0.3 is 0 Å². The first-order valence-electron chi connectivity index (χ1n) is 12.7. The van der Waals surface area contributed by atoms with Gasteiger partial charge in [0.25, 0.3) is 0 Å². The highest BCUT2D eigenvalue weighted by Gasteiger charge is 2.28. The van der Waals surface area contributed by atoms with Crippen LogP contribution in [0.3, 0.4) is 0 Å². The van der Waals surface area contributed by atoms with Crippen molar-refractivity contribution in [1.29, 1.82) is 0 Å². The van der Waals surface area contributed by atoms with E-state index in [1.807, 2.05) is 0 Å². The largest absolute Gasteiger partial charge is 0.497 e. The summed E-state index contributed by atoms with van der Waals surface area (Å²) < 4.78 is 7.81. The smallest absolute Gasteiger partial charge is 0.118 e. The third-order valence-electron chi connectivity index (χ3n) is 7.53. The number of para-hydroxylation sites is 2. The number of methoxy groups -OCH3 is 1. The molecule has 0 amide bonds. The maximum absolute atomic E-state index is 5.29. The van der Waals surface area contributed by atoms with Gasteiger partial charge in [-0.3, -0.25) is 4.90 Å². The lowest BCUT2D eigenvalue weighted by atomic mass is 10.1. The molecule has 2 atom stereocenters. The van der Waals surface area contributed by atoms with Crippen molar-refractivity contribution < 1.29 is 4.74 Å². The first-order valence-corrected chi connectivity index (χ1v) is 12.7. The zero-order valence-corrected chi connectivity index (χ0v) is 20.8. The number of ether oxygens (including phenoxy) is 1. The van der Waals surface area contributed by atoms with Crippen LogP contribution in [0.5, 0.6) is 5.75 Å². The third-order valence-corrected chi connectivity index (χ3v) is 7.53. The fourth-order valence-corrected chi connectivity index (χ4v) is 5.84. The van der Waals surface area contributed by atoms with Gasteiger partial charge in [0, 0.05) is 60.1 Å². The Hall–Kier alpha value is -2.82. The van der Waals surface area contributed by atoms with Gasteiger partial charge in [-0.25, -0.2) is 0 Å². The summed E-state index contributed by atoms with van der Waals surface area (Å²) in [5, 5.41) is 2.73. The van der Waals surface area contributed by atoms with Gasteiger partial charge in [0.05, 0.1) is 7.11 Å². The summed E-state index contributed by atoms with van der Waals surface area (Å²) in [6.45, 7) is 10.4. The molecule has 5 rings (SSSR count). The Balaban J connectivity index is 1.17. The number of fused-ring (bicyclic) bond motifs is 3. The monoisotopic (exact) mass is 455 g/mol. The van der Waals surface area contributed by atoms with Gasteiger partial charge in [0.2, 0.25) is 0 Å². The minimum atomic E-state index is 0.579. The quantitative estimate of drug-likeness (QED) is 0.333. The molecule has 1 saturated heterocycles. The molecule has 4 aromatic rings. The lowest BCUT2D eigenvalue weighted by Crippen LogP contribution is -2.57. The molecule has 1 aliphatic heterocycles. The topological polar surface area (TPSA) is 20.6 Å². The number of aromatic nitrogens is 1. The molecule has 0 aliphatic carbocycles. The van der Waals surface area contributed by atoms with E-state index in [1.165, 1.54) is 33.8 Å². The molecule has 0 bridgehead atoms. The van der Waals surface area contributed by atoms with E-state index in [-0.39, 0.29) is 0 Å². The fourth-order valence-electron chi connectivity index (χ4n) is 5.84. The van der Waals surface area contributed by atoms with Crippen LogP contribution in [0.25, 0.3) is 21.8 Å². The van der Waals surface area contributed by atoms with Crippen LogP contribution in [0.1, 0.15) is 25.8 Å². The molecule has 178 valence electrons. The number of aryl methyl sites for hydroxylation is 1. The second-order valence-electron chi connectivity index (χ2n) is 9.83. The minimum absolute atomic E-state index is 0.579. The average molecular weight is 456 g/mol. The molecule has 2 heterocycles.